The highest BCUT2D eigenvalue weighted by molar-refractivity contribution is 8.26. The van der Waals surface area contributed by atoms with Gasteiger partial charge < -0.3 is 5.11 Å². The van der Waals surface area contributed by atoms with E-state index in [2.05, 4.69) is 54.6 Å². The number of carbonyl (C=O) groups is 2. The minimum Gasteiger partial charge on any atom is -0.481 e. The Morgan fingerprint density at radius 3 is 2.73 bits per heavy atom. The number of carboxylic acid groups (broad SMARTS) is 1. The van der Waals surface area contributed by atoms with Crippen LogP contribution in [0.1, 0.15) is 53.9 Å². The Labute approximate surface area is 203 Å². The van der Waals surface area contributed by atoms with Gasteiger partial charge in [-0.3, -0.25) is 14.5 Å². The summed E-state index contributed by atoms with van der Waals surface area (Å²) in [7, 11) is 0. The van der Waals surface area contributed by atoms with Crippen molar-refractivity contribution in [2.75, 3.05) is 6.54 Å². The first-order valence-corrected chi connectivity index (χ1v) is 12.6. The van der Waals surface area contributed by atoms with Crippen molar-refractivity contribution in [3.8, 4) is 0 Å². The molecule has 1 N–H and O–H groups in total. The molecule has 6 heteroatoms. The minimum atomic E-state index is -0.937. The first-order chi connectivity index (χ1) is 16.0. The third-order valence-electron chi connectivity index (χ3n) is 6.82. The fraction of sp³-hybridized carbons (Fsp3) is 0.296. The topological polar surface area (TPSA) is 57.6 Å². The van der Waals surface area contributed by atoms with Crippen LogP contribution in [0.4, 0.5) is 0 Å². The number of nitrogens with zero attached hydrogens (tertiary/aromatic N) is 1. The van der Waals surface area contributed by atoms with Crippen molar-refractivity contribution in [2.24, 2.45) is 5.92 Å². The molecular weight excluding hydrogens is 450 g/mol. The van der Waals surface area contributed by atoms with Gasteiger partial charge in [0.05, 0.1) is 11.3 Å². The van der Waals surface area contributed by atoms with Gasteiger partial charge in [-0.05, 0) is 59.4 Å². The molecule has 33 heavy (non-hydrogen) atoms. The van der Waals surface area contributed by atoms with E-state index in [0.717, 1.165) is 12.0 Å². The quantitative estimate of drug-likeness (QED) is 0.417. The second-order valence-electron chi connectivity index (χ2n) is 8.89. The van der Waals surface area contributed by atoms with E-state index in [0.29, 0.717) is 21.1 Å². The molecule has 2 unspecified atom stereocenters. The maximum Gasteiger partial charge on any atom is 0.305 e. The van der Waals surface area contributed by atoms with Crippen molar-refractivity contribution in [1.82, 2.24) is 4.90 Å². The van der Waals surface area contributed by atoms with Crippen LogP contribution in [0.15, 0.2) is 59.0 Å². The molecule has 0 bridgehead atoms. The lowest BCUT2D eigenvalue weighted by atomic mass is 9.74. The van der Waals surface area contributed by atoms with E-state index in [1.807, 2.05) is 6.08 Å². The predicted octanol–water partition coefficient (Wildman–Crippen LogP) is 5.89. The molecule has 1 heterocycles. The SMILES string of the molecule is O=C(O)CCN1C(=O)/C(=C\c2ccc3c(c2)C2CCCC2C(Cc2ccccc2)=C3)SC1=S. The second-order valence-corrected chi connectivity index (χ2v) is 10.6. The first-order valence-electron chi connectivity index (χ1n) is 11.3. The third kappa shape index (κ3) is 4.55. The van der Waals surface area contributed by atoms with Crippen molar-refractivity contribution in [3.63, 3.8) is 0 Å². The van der Waals surface area contributed by atoms with Gasteiger partial charge >= 0.3 is 5.97 Å². The van der Waals surface area contributed by atoms with Crippen LogP contribution in [0.5, 0.6) is 0 Å². The van der Waals surface area contributed by atoms with E-state index in [-0.39, 0.29) is 18.9 Å². The van der Waals surface area contributed by atoms with Crippen LogP contribution in [0.25, 0.3) is 12.2 Å². The highest BCUT2D eigenvalue weighted by atomic mass is 32.2. The van der Waals surface area contributed by atoms with Gasteiger partial charge in [0.2, 0.25) is 0 Å². The van der Waals surface area contributed by atoms with Gasteiger partial charge in [-0.25, -0.2) is 0 Å². The van der Waals surface area contributed by atoms with E-state index < -0.39 is 5.97 Å². The van der Waals surface area contributed by atoms with E-state index in [1.165, 1.54) is 58.2 Å². The Hall–Kier alpha value is -2.70. The van der Waals surface area contributed by atoms with Gasteiger partial charge in [-0.1, -0.05) is 90.6 Å². The van der Waals surface area contributed by atoms with E-state index in [4.69, 9.17) is 17.3 Å². The largest absolute Gasteiger partial charge is 0.481 e. The predicted molar refractivity (Wildman–Crippen MR) is 137 cm³/mol. The Balaban J connectivity index is 1.41. The monoisotopic (exact) mass is 475 g/mol. The van der Waals surface area contributed by atoms with Crippen LogP contribution in [-0.4, -0.2) is 32.7 Å². The molecule has 0 radical (unpaired) electrons. The van der Waals surface area contributed by atoms with Crippen LogP contribution in [0, 0.1) is 5.92 Å². The number of amides is 1. The maximum atomic E-state index is 12.8. The number of allylic oxidation sites excluding steroid dienone is 1. The van der Waals surface area contributed by atoms with E-state index in [1.54, 1.807) is 0 Å². The lowest BCUT2D eigenvalue weighted by Crippen LogP contribution is -2.30. The van der Waals surface area contributed by atoms with E-state index in [9.17, 15) is 9.59 Å². The number of benzene rings is 2. The molecule has 2 aromatic rings. The summed E-state index contributed by atoms with van der Waals surface area (Å²) in [5.41, 5.74) is 6.56. The number of thiocarbonyl (C=S) groups is 1. The number of fused-ring (bicyclic) bond motifs is 3. The third-order valence-corrected chi connectivity index (χ3v) is 8.19. The van der Waals surface area contributed by atoms with Crippen molar-refractivity contribution in [3.05, 3.63) is 81.3 Å². The van der Waals surface area contributed by atoms with Crippen molar-refractivity contribution in [1.29, 1.82) is 0 Å². The Morgan fingerprint density at radius 1 is 1.15 bits per heavy atom. The molecule has 1 amide bonds. The van der Waals surface area contributed by atoms with Gasteiger partial charge in [0.25, 0.3) is 5.91 Å². The summed E-state index contributed by atoms with van der Waals surface area (Å²) in [4.78, 5) is 25.6. The fourth-order valence-electron chi connectivity index (χ4n) is 5.28. The molecule has 5 rings (SSSR count). The molecule has 1 saturated carbocycles. The molecule has 2 atom stereocenters. The number of hydrogen-bond donors (Lipinski definition) is 1. The van der Waals surface area contributed by atoms with Crippen LogP contribution >= 0.6 is 24.0 Å². The standard InChI is InChI=1S/C27H25NO3S2/c29-25(30)11-12-28-26(31)24(33-27(28)32)15-18-9-10-19-16-20(13-17-5-2-1-3-6-17)21-7-4-8-22(21)23(19)14-18/h1-3,5-6,9-10,14-16,21-22H,4,7-8,11-13H2,(H,29,30)/b24-15+. The van der Waals surface area contributed by atoms with Gasteiger partial charge in [0.1, 0.15) is 4.32 Å². The number of carbonyl (C=O) groups excluding carboxylic acids is 1. The first kappa shape index (κ1) is 22.1. The summed E-state index contributed by atoms with van der Waals surface area (Å²) in [6.07, 6.45) is 8.84. The van der Waals surface area contributed by atoms with Crippen molar-refractivity contribution < 1.29 is 14.7 Å². The Kier molecular flexibility index (Phi) is 6.21. The zero-order valence-electron chi connectivity index (χ0n) is 18.2. The van der Waals surface area contributed by atoms with Gasteiger partial charge in [-0.2, -0.15) is 0 Å². The summed E-state index contributed by atoms with van der Waals surface area (Å²) in [5, 5.41) is 8.93. The molecule has 4 nitrogen and oxygen atoms in total. The maximum absolute atomic E-state index is 12.8. The van der Waals surface area contributed by atoms with Gasteiger partial charge in [-0.15, -0.1) is 0 Å². The molecule has 168 valence electrons. The molecule has 0 aromatic heterocycles. The molecule has 0 spiro atoms. The average molecular weight is 476 g/mol. The lowest BCUT2D eigenvalue weighted by molar-refractivity contribution is -0.137. The lowest BCUT2D eigenvalue weighted by Gasteiger charge is -2.30. The fourth-order valence-corrected chi connectivity index (χ4v) is 6.59. The van der Waals surface area contributed by atoms with Crippen LogP contribution in [0.2, 0.25) is 0 Å². The van der Waals surface area contributed by atoms with Gasteiger partial charge in [0.15, 0.2) is 0 Å². The number of aliphatic carboxylic acids is 1. The summed E-state index contributed by atoms with van der Waals surface area (Å²) in [6.45, 7) is 0.111. The normalized spacial score (nSPS) is 23.0. The molecule has 2 aromatic carbocycles. The average Bonchev–Trinajstić information content (AvgIpc) is 3.39. The molecule has 2 fully saturated rings. The van der Waals surface area contributed by atoms with Crippen molar-refractivity contribution >= 4 is 52.3 Å². The molecule has 1 aliphatic heterocycles. The summed E-state index contributed by atoms with van der Waals surface area (Å²) < 4.78 is 0.426. The molecule has 3 aliphatic rings. The number of thioether (sulfide) groups is 1. The molecular formula is C27H25NO3S2. The van der Waals surface area contributed by atoms with Crippen LogP contribution < -0.4 is 0 Å². The van der Waals surface area contributed by atoms with Gasteiger partial charge in [0, 0.05) is 6.54 Å². The zero-order valence-corrected chi connectivity index (χ0v) is 19.8. The molecule has 2 aliphatic carbocycles. The number of hydrogen-bond acceptors (Lipinski definition) is 4. The van der Waals surface area contributed by atoms with Crippen LogP contribution in [0.3, 0.4) is 0 Å². The second kappa shape index (κ2) is 9.27. The highest BCUT2D eigenvalue weighted by Gasteiger charge is 2.36. The number of rotatable bonds is 6. The Morgan fingerprint density at radius 2 is 1.94 bits per heavy atom. The summed E-state index contributed by atoms with van der Waals surface area (Å²) in [5.74, 6) is -0.0226. The number of carboxylic acids is 1. The summed E-state index contributed by atoms with van der Waals surface area (Å²) >= 11 is 6.57. The summed E-state index contributed by atoms with van der Waals surface area (Å²) in [6, 6.07) is 17.2. The van der Waals surface area contributed by atoms with E-state index >= 15 is 0 Å². The minimum absolute atomic E-state index is 0.111. The zero-order chi connectivity index (χ0) is 22.9. The highest BCUT2D eigenvalue weighted by Crippen LogP contribution is 2.49. The van der Waals surface area contributed by atoms with Crippen molar-refractivity contribution in [2.45, 2.75) is 38.0 Å². The smallest absolute Gasteiger partial charge is 0.305 e. The molecule has 1 saturated heterocycles. The van der Waals surface area contributed by atoms with Crippen LogP contribution in [-0.2, 0) is 16.0 Å². The Bertz CT molecular complexity index is 1190.